The van der Waals surface area contributed by atoms with Crippen LogP contribution < -0.4 is 5.46 Å². The van der Waals surface area contributed by atoms with Gasteiger partial charge in [0.1, 0.15) is 6.61 Å². The highest BCUT2D eigenvalue weighted by molar-refractivity contribution is 6.60. The summed E-state index contributed by atoms with van der Waals surface area (Å²) < 4.78 is 0. The van der Waals surface area contributed by atoms with Gasteiger partial charge in [-0.2, -0.15) is 0 Å². The third-order valence-electron chi connectivity index (χ3n) is 2.61. The molecule has 0 aromatic heterocycles. The molecular weight excluding hydrogens is 241 g/mol. The Labute approximate surface area is 112 Å². The van der Waals surface area contributed by atoms with Crippen LogP contribution in [0.5, 0.6) is 0 Å². The Hall–Kier alpha value is -2.11. The molecule has 96 valence electrons. The first-order valence-corrected chi connectivity index (χ1v) is 5.91. The van der Waals surface area contributed by atoms with Crippen LogP contribution in [-0.4, -0.2) is 23.4 Å². The van der Waals surface area contributed by atoms with Crippen molar-refractivity contribution in [1.82, 2.24) is 0 Å². The number of hydrogen-bond acceptors (Lipinski definition) is 4. The molecule has 0 radical (unpaired) electrons. The summed E-state index contributed by atoms with van der Waals surface area (Å²) in [6, 6.07) is 16.6. The van der Waals surface area contributed by atoms with E-state index >= 15 is 0 Å². The molecule has 0 saturated carbocycles. The normalized spacial score (nSPS) is 10.6. The van der Waals surface area contributed by atoms with E-state index in [1.807, 2.05) is 30.3 Å². The summed E-state index contributed by atoms with van der Waals surface area (Å²) >= 11 is 0. The first-order valence-electron chi connectivity index (χ1n) is 5.91. The average Bonchev–Trinajstić information content (AvgIpc) is 2.45. The Kier molecular flexibility index (Phi) is 4.72. The molecule has 5 heteroatoms. The quantitative estimate of drug-likeness (QED) is 0.474. The second-order valence-electron chi connectivity index (χ2n) is 4.00. The maximum atomic E-state index is 9.19. The first-order chi connectivity index (χ1) is 9.27. The van der Waals surface area contributed by atoms with E-state index in [-0.39, 0.29) is 0 Å². The molecule has 4 nitrogen and oxygen atoms in total. The average molecular weight is 255 g/mol. The molecule has 0 fully saturated rings. The van der Waals surface area contributed by atoms with Gasteiger partial charge in [0.2, 0.25) is 0 Å². The third kappa shape index (κ3) is 3.94. The number of nitrogens with zero attached hydrogens (tertiary/aromatic N) is 1. The molecule has 2 rings (SSSR count). The molecular formula is C14H14BNO3. The van der Waals surface area contributed by atoms with Crippen LogP contribution in [0.15, 0.2) is 59.8 Å². The minimum absolute atomic E-state index is 0.376. The second-order valence-corrected chi connectivity index (χ2v) is 4.00. The minimum atomic E-state index is -1.52. The van der Waals surface area contributed by atoms with Crippen molar-refractivity contribution >= 4 is 18.8 Å². The Morgan fingerprint density at radius 2 is 1.68 bits per heavy atom. The molecule has 0 amide bonds. The molecule has 0 aliphatic carbocycles. The summed E-state index contributed by atoms with van der Waals surface area (Å²) in [5.41, 5.74) is 2.04. The molecule has 0 heterocycles. The van der Waals surface area contributed by atoms with E-state index in [1.54, 1.807) is 24.3 Å². The Bertz CT molecular complexity index is 543. The van der Waals surface area contributed by atoms with E-state index in [1.165, 1.54) is 6.21 Å². The van der Waals surface area contributed by atoms with E-state index in [0.717, 1.165) is 5.56 Å². The Morgan fingerprint density at radius 1 is 1.00 bits per heavy atom. The minimum Gasteiger partial charge on any atom is -0.423 e. The van der Waals surface area contributed by atoms with Crippen LogP contribution in [0, 0.1) is 0 Å². The van der Waals surface area contributed by atoms with Crippen molar-refractivity contribution in [3.8, 4) is 0 Å². The van der Waals surface area contributed by atoms with Crippen molar-refractivity contribution in [2.75, 3.05) is 0 Å². The fourth-order valence-electron chi connectivity index (χ4n) is 1.64. The maximum Gasteiger partial charge on any atom is 0.489 e. The van der Waals surface area contributed by atoms with E-state index in [0.29, 0.717) is 17.6 Å². The van der Waals surface area contributed by atoms with Crippen LogP contribution in [0.3, 0.4) is 0 Å². The smallest absolute Gasteiger partial charge is 0.423 e. The van der Waals surface area contributed by atoms with Gasteiger partial charge in [0.15, 0.2) is 0 Å². The third-order valence-corrected chi connectivity index (χ3v) is 2.61. The largest absolute Gasteiger partial charge is 0.489 e. The standard InChI is InChI=1S/C14H14BNO3/c17-15(18)14-9-5-4-8-13(14)10-16-19-11-12-6-2-1-3-7-12/h1-10,17-18H,11H2/b16-10+. The molecule has 0 saturated heterocycles. The van der Waals surface area contributed by atoms with Gasteiger partial charge in [-0.25, -0.2) is 0 Å². The Balaban J connectivity index is 1.96. The molecule has 2 aromatic rings. The number of rotatable bonds is 5. The van der Waals surface area contributed by atoms with Crippen LogP contribution >= 0.6 is 0 Å². The van der Waals surface area contributed by atoms with Gasteiger partial charge in [-0.15, -0.1) is 0 Å². The highest BCUT2D eigenvalue weighted by Gasteiger charge is 2.13. The van der Waals surface area contributed by atoms with E-state index in [9.17, 15) is 10.0 Å². The van der Waals surface area contributed by atoms with Gasteiger partial charge in [-0.3, -0.25) is 0 Å². The van der Waals surface area contributed by atoms with E-state index < -0.39 is 7.12 Å². The van der Waals surface area contributed by atoms with E-state index in [2.05, 4.69) is 5.16 Å². The van der Waals surface area contributed by atoms with Crippen LogP contribution in [0.1, 0.15) is 11.1 Å². The van der Waals surface area contributed by atoms with Gasteiger partial charge in [-0.1, -0.05) is 59.8 Å². The van der Waals surface area contributed by atoms with Gasteiger partial charge in [-0.05, 0) is 16.6 Å². The summed E-state index contributed by atoms with van der Waals surface area (Å²) in [6.07, 6.45) is 1.47. The van der Waals surface area contributed by atoms with Crippen LogP contribution in [0.4, 0.5) is 0 Å². The summed E-state index contributed by atoms with van der Waals surface area (Å²) in [7, 11) is -1.52. The lowest BCUT2D eigenvalue weighted by Gasteiger charge is -2.03. The van der Waals surface area contributed by atoms with Crippen molar-refractivity contribution in [3.63, 3.8) is 0 Å². The summed E-state index contributed by atoms with van der Waals surface area (Å²) in [5, 5.41) is 22.2. The van der Waals surface area contributed by atoms with Crippen molar-refractivity contribution in [3.05, 3.63) is 65.7 Å². The van der Waals surface area contributed by atoms with Crippen molar-refractivity contribution in [2.24, 2.45) is 5.16 Å². The van der Waals surface area contributed by atoms with Gasteiger partial charge in [0.25, 0.3) is 0 Å². The Morgan fingerprint density at radius 3 is 2.42 bits per heavy atom. The van der Waals surface area contributed by atoms with E-state index in [4.69, 9.17) is 4.84 Å². The van der Waals surface area contributed by atoms with Crippen LogP contribution in [-0.2, 0) is 11.4 Å². The number of benzene rings is 2. The summed E-state index contributed by atoms with van der Waals surface area (Å²) in [4.78, 5) is 5.16. The molecule has 19 heavy (non-hydrogen) atoms. The maximum absolute atomic E-state index is 9.19. The summed E-state index contributed by atoms with van der Waals surface area (Å²) in [5.74, 6) is 0. The lowest BCUT2D eigenvalue weighted by molar-refractivity contribution is 0.132. The zero-order valence-electron chi connectivity index (χ0n) is 10.3. The van der Waals surface area contributed by atoms with Gasteiger partial charge in [0.05, 0.1) is 6.21 Å². The molecule has 2 N–H and O–H groups in total. The number of oxime groups is 1. The molecule has 0 aliphatic rings. The molecule has 0 spiro atoms. The topological polar surface area (TPSA) is 62.0 Å². The monoisotopic (exact) mass is 255 g/mol. The molecule has 0 unspecified atom stereocenters. The van der Waals surface area contributed by atoms with Crippen LogP contribution in [0.25, 0.3) is 0 Å². The predicted molar refractivity (Wildman–Crippen MR) is 75.1 cm³/mol. The summed E-state index contributed by atoms with van der Waals surface area (Å²) in [6.45, 7) is 0.376. The molecule has 0 atom stereocenters. The fourth-order valence-corrected chi connectivity index (χ4v) is 1.64. The lowest BCUT2D eigenvalue weighted by atomic mass is 9.77. The van der Waals surface area contributed by atoms with Crippen molar-refractivity contribution < 1.29 is 14.9 Å². The van der Waals surface area contributed by atoms with Crippen molar-refractivity contribution in [1.29, 1.82) is 0 Å². The molecule has 0 bridgehead atoms. The lowest BCUT2D eigenvalue weighted by Crippen LogP contribution is -2.32. The van der Waals surface area contributed by atoms with Crippen molar-refractivity contribution in [2.45, 2.75) is 6.61 Å². The van der Waals surface area contributed by atoms with Crippen LogP contribution in [0.2, 0.25) is 0 Å². The zero-order chi connectivity index (χ0) is 13.5. The fraction of sp³-hybridized carbons (Fsp3) is 0.0714. The van der Waals surface area contributed by atoms with Gasteiger partial charge < -0.3 is 14.9 Å². The second kappa shape index (κ2) is 6.73. The zero-order valence-corrected chi connectivity index (χ0v) is 10.3. The van der Waals surface area contributed by atoms with Gasteiger partial charge in [0, 0.05) is 0 Å². The van der Waals surface area contributed by atoms with Gasteiger partial charge >= 0.3 is 7.12 Å². The number of hydrogen-bond donors (Lipinski definition) is 2. The first kappa shape index (κ1) is 13.3. The molecule has 2 aromatic carbocycles. The molecule has 0 aliphatic heterocycles. The predicted octanol–water partition coefficient (Wildman–Crippen LogP) is 0.917. The highest BCUT2D eigenvalue weighted by Crippen LogP contribution is 2.01. The highest BCUT2D eigenvalue weighted by atomic mass is 16.6. The SMILES string of the molecule is OB(O)c1ccccc1/C=N/OCc1ccccc1.